The second-order valence-electron chi connectivity index (χ2n) is 7.44. The predicted molar refractivity (Wildman–Crippen MR) is 114 cm³/mol. The van der Waals surface area contributed by atoms with Crippen LogP contribution in [0.4, 0.5) is 13.2 Å². The van der Waals surface area contributed by atoms with Crippen molar-refractivity contribution >= 4 is 23.4 Å². The molecule has 178 valence electrons. The van der Waals surface area contributed by atoms with Crippen molar-refractivity contribution in [2.24, 2.45) is 0 Å². The van der Waals surface area contributed by atoms with Crippen LogP contribution in [0.25, 0.3) is 11.3 Å². The van der Waals surface area contributed by atoms with Crippen molar-refractivity contribution < 1.29 is 33.2 Å². The van der Waals surface area contributed by atoms with E-state index in [1.807, 2.05) is 6.07 Å². The summed E-state index contributed by atoms with van der Waals surface area (Å²) in [5, 5.41) is 48.5. The number of hydrogen-bond acceptors (Lipinski definition) is 8. The highest BCUT2D eigenvalue weighted by Gasteiger charge is 2.46. The first-order chi connectivity index (χ1) is 16.2. The molecular weight excluding hydrogens is 497 g/mol. The lowest BCUT2D eigenvalue weighted by molar-refractivity contribution is -0.178. The van der Waals surface area contributed by atoms with Crippen LogP contribution in [-0.4, -0.2) is 60.7 Å². The van der Waals surface area contributed by atoms with Gasteiger partial charge in [-0.1, -0.05) is 28.6 Å². The van der Waals surface area contributed by atoms with Gasteiger partial charge in [0.15, 0.2) is 17.5 Å². The van der Waals surface area contributed by atoms with Gasteiger partial charge < -0.3 is 20.1 Å². The molecule has 0 aliphatic carbocycles. The van der Waals surface area contributed by atoms with Gasteiger partial charge in [-0.25, -0.2) is 17.9 Å². The van der Waals surface area contributed by atoms with Crippen LogP contribution in [0, 0.1) is 28.8 Å². The molecule has 34 heavy (non-hydrogen) atoms. The van der Waals surface area contributed by atoms with Crippen molar-refractivity contribution in [2.75, 3.05) is 6.61 Å². The van der Waals surface area contributed by atoms with E-state index in [-0.39, 0.29) is 16.8 Å². The molecule has 1 aliphatic rings. The van der Waals surface area contributed by atoms with E-state index in [2.05, 4.69) is 10.3 Å². The molecule has 1 aliphatic heterocycles. The fourth-order valence-electron chi connectivity index (χ4n) is 3.57. The molecule has 13 heteroatoms. The van der Waals surface area contributed by atoms with Gasteiger partial charge >= 0.3 is 0 Å². The van der Waals surface area contributed by atoms with Gasteiger partial charge in [-0.2, -0.15) is 5.26 Å². The summed E-state index contributed by atoms with van der Waals surface area (Å²) in [5.41, 5.74) is -0.882. The summed E-state index contributed by atoms with van der Waals surface area (Å²) in [6.07, 6.45) is -2.72. The minimum absolute atomic E-state index is 0.0399. The molecule has 3 N–H and O–H groups in total. The molecule has 0 amide bonds. The van der Waals surface area contributed by atoms with E-state index in [1.54, 1.807) is 6.07 Å². The molecule has 0 saturated carbocycles. The topological polar surface area (TPSA) is 124 Å². The van der Waals surface area contributed by atoms with Crippen LogP contribution in [0.1, 0.15) is 11.6 Å². The number of nitriles is 1. The Bertz CT molecular complexity index is 1230. The molecular formula is C21H16ClF3N4O4S. The number of ether oxygens (including phenoxy) is 1. The standard InChI is InChI=1S/C21H16ClF3N4O4S/c22-11-1-9(6-26)2-12(5-11)34-21-20(32)18(19(31)16(8-30)33-21)29-7-15(27-28-29)10-3-13(23)17(25)14(24)4-10/h1-5,7,16,18-21,30-32H,8H2/t16?,18-,19-,20?,21+/m0/s1. The fraction of sp³-hybridized carbons (Fsp3) is 0.286. The average molecular weight is 513 g/mol. The van der Waals surface area contributed by atoms with Crippen LogP contribution in [0.3, 0.4) is 0 Å². The first-order valence-electron chi connectivity index (χ1n) is 9.78. The maximum absolute atomic E-state index is 13.6. The number of benzene rings is 2. The van der Waals surface area contributed by atoms with Crippen LogP contribution in [0.2, 0.25) is 5.02 Å². The second kappa shape index (κ2) is 9.91. The first kappa shape index (κ1) is 24.5. The van der Waals surface area contributed by atoms with Crippen molar-refractivity contribution in [2.45, 2.75) is 34.7 Å². The lowest BCUT2D eigenvalue weighted by atomic mass is 9.97. The highest BCUT2D eigenvalue weighted by atomic mass is 35.5. The minimum Gasteiger partial charge on any atom is -0.394 e. The molecule has 4 rings (SSSR count). The molecule has 0 spiro atoms. The zero-order valence-corrected chi connectivity index (χ0v) is 18.6. The maximum Gasteiger partial charge on any atom is 0.194 e. The fourth-order valence-corrected chi connectivity index (χ4v) is 5.02. The van der Waals surface area contributed by atoms with E-state index in [0.29, 0.717) is 9.92 Å². The Morgan fingerprint density at radius 2 is 1.82 bits per heavy atom. The van der Waals surface area contributed by atoms with E-state index in [0.717, 1.165) is 28.6 Å². The Morgan fingerprint density at radius 1 is 1.12 bits per heavy atom. The molecule has 0 radical (unpaired) electrons. The molecule has 1 aromatic heterocycles. The van der Waals surface area contributed by atoms with Gasteiger partial charge in [0, 0.05) is 15.5 Å². The summed E-state index contributed by atoms with van der Waals surface area (Å²) in [7, 11) is 0. The van der Waals surface area contributed by atoms with Crippen LogP contribution in [0.5, 0.6) is 0 Å². The van der Waals surface area contributed by atoms with Gasteiger partial charge in [0.05, 0.1) is 24.4 Å². The molecule has 1 saturated heterocycles. The monoisotopic (exact) mass is 512 g/mol. The summed E-state index contributed by atoms with van der Waals surface area (Å²) in [5.74, 6) is -4.45. The molecule has 5 atom stereocenters. The smallest absolute Gasteiger partial charge is 0.194 e. The van der Waals surface area contributed by atoms with Crippen LogP contribution in [0.15, 0.2) is 41.4 Å². The lowest BCUT2D eigenvalue weighted by Crippen LogP contribution is -2.55. The van der Waals surface area contributed by atoms with Gasteiger partial charge in [-0.05, 0) is 30.3 Å². The predicted octanol–water partition coefficient (Wildman–Crippen LogP) is 2.66. The number of halogens is 4. The largest absolute Gasteiger partial charge is 0.394 e. The van der Waals surface area contributed by atoms with Gasteiger partial charge in [-0.3, -0.25) is 0 Å². The summed E-state index contributed by atoms with van der Waals surface area (Å²) in [6, 6.07) is 6.83. The number of aromatic nitrogens is 3. The third-order valence-corrected chi connectivity index (χ3v) is 6.54. The number of rotatable bonds is 5. The van der Waals surface area contributed by atoms with Crippen LogP contribution < -0.4 is 0 Å². The van der Waals surface area contributed by atoms with E-state index >= 15 is 0 Å². The number of thioether (sulfide) groups is 1. The Balaban J connectivity index is 1.65. The average Bonchev–Trinajstić information content (AvgIpc) is 3.28. The quantitative estimate of drug-likeness (QED) is 0.446. The number of nitrogens with zero attached hydrogens (tertiary/aromatic N) is 4. The summed E-state index contributed by atoms with van der Waals surface area (Å²) < 4.78 is 47.3. The molecule has 8 nitrogen and oxygen atoms in total. The first-order valence-corrected chi connectivity index (χ1v) is 11.0. The molecule has 3 aromatic rings. The number of hydrogen-bond donors (Lipinski definition) is 3. The van der Waals surface area contributed by atoms with Crippen molar-refractivity contribution in [3.05, 3.63) is 64.6 Å². The molecule has 1 fully saturated rings. The maximum atomic E-state index is 13.6. The molecule has 2 aromatic carbocycles. The van der Waals surface area contributed by atoms with Gasteiger partial charge in [0.1, 0.15) is 35.5 Å². The summed E-state index contributed by atoms with van der Waals surface area (Å²) in [4.78, 5) is 0.497. The lowest BCUT2D eigenvalue weighted by Gasteiger charge is -2.41. The van der Waals surface area contributed by atoms with Crippen molar-refractivity contribution in [1.82, 2.24) is 15.0 Å². The van der Waals surface area contributed by atoms with Gasteiger partial charge in [0.25, 0.3) is 0 Å². The Morgan fingerprint density at radius 3 is 2.47 bits per heavy atom. The minimum atomic E-state index is -1.63. The van der Waals surface area contributed by atoms with E-state index in [1.165, 1.54) is 18.3 Å². The third kappa shape index (κ3) is 4.76. The summed E-state index contributed by atoms with van der Waals surface area (Å²) in [6.45, 7) is -0.587. The zero-order valence-electron chi connectivity index (χ0n) is 17.0. The summed E-state index contributed by atoms with van der Waals surface area (Å²) >= 11 is 7.04. The Kier molecular flexibility index (Phi) is 7.13. The highest BCUT2D eigenvalue weighted by Crippen LogP contribution is 2.39. The van der Waals surface area contributed by atoms with Crippen molar-refractivity contribution in [3.8, 4) is 17.3 Å². The molecule has 0 bridgehead atoms. The SMILES string of the molecule is N#Cc1cc(Cl)cc(S[C@H]2OC(CO)[C@H](O)[C@H](n3cc(-c4cc(F)c(F)c(F)c4)nn3)C2O)c1. The zero-order chi connectivity index (χ0) is 24.6. The molecule has 2 unspecified atom stereocenters. The molecule has 2 heterocycles. The van der Waals surface area contributed by atoms with Crippen molar-refractivity contribution in [1.29, 1.82) is 5.26 Å². The van der Waals surface area contributed by atoms with E-state index in [4.69, 9.17) is 21.6 Å². The van der Waals surface area contributed by atoms with Crippen LogP contribution >= 0.6 is 23.4 Å². The van der Waals surface area contributed by atoms with Gasteiger partial charge in [0.2, 0.25) is 0 Å². The Labute approximate surface area is 200 Å². The third-order valence-electron chi connectivity index (χ3n) is 5.20. The van der Waals surface area contributed by atoms with E-state index < -0.39 is 53.8 Å². The highest BCUT2D eigenvalue weighted by molar-refractivity contribution is 7.99. The van der Waals surface area contributed by atoms with E-state index in [9.17, 15) is 28.5 Å². The number of aliphatic hydroxyl groups excluding tert-OH is 3. The number of aliphatic hydroxyl groups is 3. The second-order valence-corrected chi connectivity index (χ2v) is 9.05. The van der Waals surface area contributed by atoms with Crippen molar-refractivity contribution in [3.63, 3.8) is 0 Å². The van der Waals surface area contributed by atoms with Gasteiger partial charge in [-0.15, -0.1) is 5.10 Å². The van der Waals surface area contributed by atoms with Crippen LogP contribution in [-0.2, 0) is 4.74 Å². The normalized spacial score (nSPS) is 24.7. The Hall–Kier alpha value is -2.66.